The van der Waals surface area contributed by atoms with Crippen LogP contribution in [0, 0.1) is 23.2 Å². The van der Waals surface area contributed by atoms with Crippen molar-refractivity contribution in [2.75, 3.05) is 10.2 Å². The Morgan fingerprint density at radius 1 is 1.29 bits per heavy atom. The summed E-state index contributed by atoms with van der Waals surface area (Å²) in [5.41, 5.74) is 3.23. The number of carbonyl (C=O) groups is 1. The summed E-state index contributed by atoms with van der Waals surface area (Å²) in [6, 6.07) is 9.73. The largest absolute Gasteiger partial charge is 0.411 e. The number of anilines is 2. The topological polar surface area (TPSA) is 91.1 Å². The Labute approximate surface area is 210 Å². The van der Waals surface area contributed by atoms with Gasteiger partial charge in [-0.1, -0.05) is 27.7 Å². The zero-order chi connectivity index (χ0) is 25.5. The van der Waals surface area contributed by atoms with Crippen LogP contribution in [0.2, 0.25) is 18.1 Å². The van der Waals surface area contributed by atoms with Gasteiger partial charge < -0.3 is 14.6 Å². The maximum absolute atomic E-state index is 12.7. The lowest BCUT2D eigenvalue weighted by Gasteiger charge is -2.45. The lowest BCUT2D eigenvalue weighted by molar-refractivity contribution is -0.117. The average Bonchev–Trinajstić information content (AvgIpc) is 3.63. The normalized spacial score (nSPS) is 22.3. The molecular formula is C27H37N5O2Si. The molecule has 1 aromatic carbocycles. The Balaban J connectivity index is 1.64. The molecule has 1 N–H and O–H groups in total. The molecule has 4 rings (SSSR count). The van der Waals surface area contributed by atoms with Gasteiger partial charge in [-0.25, -0.2) is 9.97 Å². The van der Waals surface area contributed by atoms with Gasteiger partial charge in [0.05, 0.1) is 30.0 Å². The van der Waals surface area contributed by atoms with E-state index in [0.717, 1.165) is 29.8 Å². The molecular weight excluding hydrogens is 454 g/mol. The number of nitrogens with one attached hydrogen (secondary N) is 1. The fourth-order valence-electron chi connectivity index (χ4n) is 4.79. The highest BCUT2D eigenvalue weighted by Gasteiger charge is 2.47. The van der Waals surface area contributed by atoms with Crippen LogP contribution in [-0.2, 0) is 15.8 Å². The maximum Gasteiger partial charge on any atom is 0.224 e. The maximum atomic E-state index is 12.7. The molecule has 0 unspecified atom stereocenters. The number of rotatable bonds is 6. The number of nitrogens with zero attached hydrogens (tertiary/aromatic N) is 4. The number of benzene rings is 1. The monoisotopic (exact) mass is 491 g/mol. The highest BCUT2D eigenvalue weighted by atomic mass is 28.4. The molecule has 0 radical (unpaired) electrons. The van der Waals surface area contributed by atoms with Crippen LogP contribution in [0.25, 0.3) is 0 Å². The first-order valence-electron chi connectivity index (χ1n) is 12.5. The Kier molecular flexibility index (Phi) is 6.77. The van der Waals surface area contributed by atoms with Crippen molar-refractivity contribution in [3.63, 3.8) is 0 Å². The second-order valence-electron chi connectivity index (χ2n) is 11.5. The minimum absolute atomic E-state index is 0.0409. The van der Waals surface area contributed by atoms with Gasteiger partial charge in [0.1, 0.15) is 0 Å². The zero-order valence-electron chi connectivity index (χ0n) is 21.9. The van der Waals surface area contributed by atoms with Crippen LogP contribution in [0.1, 0.15) is 70.3 Å². The van der Waals surface area contributed by atoms with E-state index in [4.69, 9.17) is 9.41 Å². The quantitative estimate of drug-likeness (QED) is 0.513. The Morgan fingerprint density at radius 3 is 2.60 bits per heavy atom. The van der Waals surface area contributed by atoms with Crippen LogP contribution in [0.3, 0.4) is 0 Å². The number of hydrogen-bond acceptors (Lipinski definition) is 6. The molecule has 1 saturated carbocycles. The van der Waals surface area contributed by atoms with Crippen molar-refractivity contribution in [3.05, 3.63) is 47.3 Å². The lowest BCUT2D eigenvalue weighted by atomic mass is 9.79. The number of aromatic nitrogens is 2. The lowest BCUT2D eigenvalue weighted by Crippen LogP contribution is -2.51. The summed E-state index contributed by atoms with van der Waals surface area (Å²) in [6.45, 7) is 15.4. The van der Waals surface area contributed by atoms with E-state index in [1.165, 1.54) is 0 Å². The van der Waals surface area contributed by atoms with E-state index in [-0.39, 0.29) is 28.9 Å². The van der Waals surface area contributed by atoms with E-state index in [2.05, 4.69) is 57.2 Å². The molecule has 3 atom stereocenters. The number of fused-ring (bicyclic) bond motifs is 1. The number of nitriles is 1. The summed E-state index contributed by atoms with van der Waals surface area (Å²) in [4.78, 5) is 24.0. The Morgan fingerprint density at radius 2 is 2.00 bits per heavy atom. The van der Waals surface area contributed by atoms with Gasteiger partial charge in [0.2, 0.25) is 11.9 Å². The van der Waals surface area contributed by atoms with Crippen LogP contribution in [0.15, 0.2) is 30.5 Å². The van der Waals surface area contributed by atoms with Gasteiger partial charge in [0, 0.05) is 30.8 Å². The van der Waals surface area contributed by atoms with Crippen LogP contribution in [-0.4, -0.2) is 30.2 Å². The van der Waals surface area contributed by atoms with Gasteiger partial charge >= 0.3 is 0 Å². The summed E-state index contributed by atoms with van der Waals surface area (Å²) >= 11 is 0. The van der Waals surface area contributed by atoms with Gasteiger partial charge in [-0.2, -0.15) is 5.26 Å². The van der Waals surface area contributed by atoms with Crippen molar-refractivity contribution >= 4 is 25.9 Å². The molecule has 1 fully saturated rings. The summed E-state index contributed by atoms with van der Waals surface area (Å²) in [5.74, 6) is 1.20. The van der Waals surface area contributed by atoms with Crippen molar-refractivity contribution in [2.45, 2.75) is 84.3 Å². The molecule has 2 aliphatic rings. The van der Waals surface area contributed by atoms with Crippen LogP contribution < -0.4 is 10.2 Å². The van der Waals surface area contributed by atoms with Gasteiger partial charge in [-0.3, -0.25) is 4.79 Å². The molecule has 1 aromatic heterocycles. The first-order valence-corrected chi connectivity index (χ1v) is 15.4. The minimum Gasteiger partial charge on any atom is -0.411 e. The van der Waals surface area contributed by atoms with E-state index >= 15 is 0 Å². The predicted octanol–water partition coefficient (Wildman–Crippen LogP) is 5.80. The molecule has 0 spiro atoms. The SMILES string of the molecule is CC(=O)N1c2ccc(C#N)cc2[C@H](Nc2nccc(CO[Si](C)(C)C(C)(C)C)n2)[C@@H](C)[C@@H]1C1CC1. The van der Waals surface area contributed by atoms with Crippen molar-refractivity contribution in [1.82, 2.24) is 9.97 Å². The molecule has 0 bridgehead atoms. The third kappa shape index (κ3) is 5.12. The molecule has 35 heavy (non-hydrogen) atoms. The molecule has 7 nitrogen and oxygen atoms in total. The Bertz CT molecular complexity index is 1150. The number of carbonyl (C=O) groups excluding carboxylic acids is 1. The Hall–Kier alpha value is -2.76. The molecule has 8 heteroatoms. The fourth-order valence-corrected chi connectivity index (χ4v) is 5.73. The first kappa shape index (κ1) is 25.3. The second-order valence-corrected chi connectivity index (χ2v) is 16.3. The van der Waals surface area contributed by atoms with Crippen molar-refractivity contribution in [2.24, 2.45) is 11.8 Å². The molecule has 2 heterocycles. The van der Waals surface area contributed by atoms with Gasteiger partial charge in [0.25, 0.3) is 0 Å². The minimum atomic E-state index is -1.90. The smallest absolute Gasteiger partial charge is 0.224 e. The van der Waals surface area contributed by atoms with Crippen LogP contribution >= 0.6 is 0 Å². The third-order valence-corrected chi connectivity index (χ3v) is 12.4. The molecule has 186 valence electrons. The van der Waals surface area contributed by atoms with Crippen molar-refractivity contribution < 1.29 is 9.22 Å². The summed E-state index contributed by atoms with van der Waals surface area (Å²) in [6.07, 6.45) is 4.03. The molecule has 1 aliphatic heterocycles. The van der Waals surface area contributed by atoms with Crippen LogP contribution in [0.4, 0.5) is 11.6 Å². The van der Waals surface area contributed by atoms with Gasteiger partial charge in [-0.05, 0) is 66.7 Å². The molecule has 1 amide bonds. The van der Waals surface area contributed by atoms with E-state index < -0.39 is 8.32 Å². The molecule has 0 saturated heterocycles. The van der Waals surface area contributed by atoms with Gasteiger partial charge in [-0.15, -0.1) is 0 Å². The number of amides is 1. The predicted molar refractivity (Wildman–Crippen MR) is 140 cm³/mol. The summed E-state index contributed by atoms with van der Waals surface area (Å²) < 4.78 is 6.37. The van der Waals surface area contributed by atoms with E-state index in [1.807, 2.05) is 23.1 Å². The zero-order valence-corrected chi connectivity index (χ0v) is 22.9. The van der Waals surface area contributed by atoms with Crippen molar-refractivity contribution in [1.29, 1.82) is 5.26 Å². The second kappa shape index (κ2) is 9.36. The molecule has 1 aliphatic carbocycles. The average molecular weight is 492 g/mol. The third-order valence-electron chi connectivity index (χ3n) is 7.94. The first-order chi connectivity index (χ1) is 16.4. The number of hydrogen-bond donors (Lipinski definition) is 1. The highest BCUT2D eigenvalue weighted by molar-refractivity contribution is 6.74. The fraction of sp³-hybridized carbons (Fsp3) is 0.556. The van der Waals surface area contributed by atoms with Gasteiger partial charge in [0.15, 0.2) is 8.32 Å². The van der Waals surface area contributed by atoms with E-state index in [9.17, 15) is 10.1 Å². The standard InChI is InChI=1S/C27H37N5O2Si/c1-17-24(31-26-29-13-12-21(30-26)16-34-35(6,7)27(3,4)5)22-14-19(15-28)8-11-23(22)32(18(2)33)25(17)20-9-10-20/h8,11-14,17,20,24-25H,9-10,16H2,1-7H3,(H,29,30,31)/t17-,24-,25-/m1/s1. The molecule has 2 aromatic rings. The summed E-state index contributed by atoms with van der Waals surface area (Å²) in [7, 11) is -1.90. The van der Waals surface area contributed by atoms with Crippen molar-refractivity contribution in [3.8, 4) is 6.07 Å². The highest BCUT2D eigenvalue weighted by Crippen LogP contribution is 2.50. The summed E-state index contributed by atoms with van der Waals surface area (Å²) in [5, 5.41) is 13.2. The van der Waals surface area contributed by atoms with E-state index in [0.29, 0.717) is 24.0 Å². The van der Waals surface area contributed by atoms with Crippen LogP contribution in [0.5, 0.6) is 0 Å². The van der Waals surface area contributed by atoms with E-state index in [1.54, 1.807) is 19.2 Å².